The van der Waals surface area contributed by atoms with Crippen LogP contribution in [0.3, 0.4) is 0 Å². The Morgan fingerprint density at radius 3 is 2.75 bits per heavy atom. The molecule has 0 amide bonds. The van der Waals surface area contributed by atoms with Crippen LogP contribution in [-0.4, -0.2) is 21.3 Å². The Kier molecular flexibility index (Phi) is 2.54. The van der Waals surface area contributed by atoms with Crippen molar-refractivity contribution in [2.75, 3.05) is 5.43 Å². The van der Waals surface area contributed by atoms with Crippen LogP contribution in [0.15, 0.2) is 12.1 Å². The molecule has 0 aromatic carbocycles. The zero-order valence-corrected chi connectivity index (χ0v) is 6.19. The number of nitrogens with one attached hydrogen (secondary N) is 1. The van der Waals surface area contributed by atoms with Gasteiger partial charge in [-0.15, -0.1) is 5.10 Å². The van der Waals surface area contributed by atoms with Gasteiger partial charge in [0.15, 0.2) is 5.82 Å². The van der Waals surface area contributed by atoms with Gasteiger partial charge in [-0.2, -0.15) is 5.10 Å². The van der Waals surface area contributed by atoms with Gasteiger partial charge in [0.25, 0.3) is 0 Å². The molecule has 0 bridgehead atoms. The molecule has 4 N–H and O–H groups in total. The molecule has 1 rings (SSSR count). The van der Waals surface area contributed by atoms with Crippen LogP contribution in [0.4, 0.5) is 5.82 Å². The first-order valence-electron chi connectivity index (χ1n) is 3.23. The summed E-state index contributed by atoms with van der Waals surface area (Å²) in [5.41, 5.74) is 2.69. The number of aromatic nitrogens is 2. The summed E-state index contributed by atoms with van der Waals surface area (Å²) < 4.78 is 0. The Balaban J connectivity index is 2.71. The fraction of sp³-hybridized carbons (Fsp3) is 0.167. The summed E-state index contributed by atoms with van der Waals surface area (Å²) in [4.78, 5) is 10.2. The lowest BCUT2D eigenvalue weighted by molar-refractivity contribution is -0.136. The molecule has 1 aromatic rings. The fourth-order valence-corrected chi connectivity index (χ4v) is 0.686. The highest BCUT2D eigenvalue weighted by molar-refractivity contribution is 5.69. The van der Waals surface area contributed by atoms with Crippen LogP contribution in [0.1, 0.15) is 5.69 Å². The van der Waals surface area contributed by atoms with Gasteiger partial charge in [-0.05, 0) is 12.1 Å². The zero-order chi connectivity index (χ0) is 8.97. The number of hydrogen-bond donors (Lipinski definition) is 3. The number of aliphatic carboxylic acids is 1. The van der Waals surface area contributed by atoms with Crippen molar-refractivity contribution in [2.45, 2.75) is 6.42 Å². The van der Waals surface area contributed by atoms with E-state index in [0.29, 0.717) is 11.5 Å². The minimum absolute atomic E-state index is 0.127. The lowest BCUT2D eigenvalue weighted by Gasteiger charge is -1.97. The molecule has 64 valence electrons. The number of rotatable bonds is 3. The molecule has 0 fully saturated rings. The normalized spacial score (nSPS) is 9.42. The maximum absolute atomic E-state index is 10.2. The van der Waals surface area contributed by atoms with Crippen molar-refractivity contribution in [2.24, 2.45) is 5.84 Å². The average Bonchev–Trinajstić information content (AvgIpc) is 2.05. The van der Waals surface area contributed by atoms with Crippen molar-refractivity contribution < 1.29 is 9.90 Å². The molecule has 0 aliphatic heterocycles. The van der Waals surface area contributed by atoms with Gasteiger partial charge in [-0.25, -0.2) is 5.84 Å². The summed E-state index contributed by atoms with van der Waals surface area (Å²) in [6.45, 7) is 0. The van der Waals surface area contributed by atoms with Crippen LogP contribution in [0.5, 0.6) is 0 Å². The van der Waals surface area contributed by atoms with Crippen LogP contribution >= 0.6 is 0 Å². The van der Waals surface area contributed by atoms with Gasteiger partial charge >= 0.3 is 5.97 Å². The minimum atomic E-state index is -0.933. The molecule has 0 saturated carbocycles. The van der Waals surface area contributed by atoms with Crippen molar-refractivity contribution in [3.05, 3.63) is 17.8 Å². The lowest BCUT2D eigenvalue weighted by Crippen LogP contribution is -2.10. The molecule has 0 spiro atoms. The number of carboxylic acids is 1. The molecular formula is C6H8N4O2. The predicted molar refractivity (Wildman–Crippen MR) is 41.2 cm³/mol. The lowest BCUT2D eigenvalue weighted by atomic mass is 10.3. The third-order valence-corrected chi connectivity index (χ3v) is 1.20. The molecule has 0 aliphatic rings. The Morgan fingerprint density at radius 1 is 1.58 bits per heavy atom. The monoisotopic (exact) mass is 168 g/mol. The summed E-state index contributed by atoms with van der Waals surface area (Å²) in [5.74, 6) is 4.51. The Bertz CT molecular complexity index is 271. The van der Waals surface area contributed by atoms with E-state index in [2.05, 4.69) is 15.6 Å². The summed E-state index contributed by atoms with van der Waals surface area (Å²) in [5, 5.41) is 15.6. The smallest absolute Gasteiger partial charge is 0.309 e. The van der Waals surface area contributed by atoms with Crippen molar-refractivity contribution >= 4 is 11.8 Å². The molecule has 6 nitrogen and oxygen atoms in total. The van der Waals surface area contributed by atoms with Gasteiger partial charge in [0, 0.05) is 0 Å². The van der Waals surface area contributed by atoms with E-state index in [1.54, 1.807) is 12.1 Å². The Labute approximate surface area is 68.4 Å². The molecule has 0 aliphatic carbocycles. The quantitative estimate of drug-likeness (QED) is 0.411. The molecule has 0 saturated heterocycles. The third-order valence-electron chi connectivity index (χ3n) is 1.20. The second kappa shape index (κ2) is 3.63. The summed E-state index contributed by atoms with van der Waals surface area (Å²) in [6.07, 6.45) is -0.127. The van der Waals surface area contributed by atoms with Crippen molar-refractivity contribution in [3.8, 4) is 0 Å². The highest BCUT2D eigenvalue weighted by Crippen LogP contribution is 1.99. The summed E-state index contributed by atoms with van der Waals surface area (Å²) in [7, 11) is 0. The van der Waals surface area contributed by atoms with E-state index in [4.69, 9.17) is 10.9 Å². The molecular weight excluding hydrogens is 160 g/mol. The number of nitrogens with zero attached hydrogens (tertiary/aromatic N) is 2. The van der Waals surface area contributed by atoms with E-state index in [1.165, 1.54) is 0 Å². The summed E-state index contributed by atoms with van der Waals surface area (Å²) >= 11 is 0. The minimum Gasteiger partial charge on any atom is -0.481 e. The first-order chi connectivity index (χ1) is 5.72. The number of nitrogens with two attached hydrogens (primary N) is 1. The SMILES string of the molecule is NNc1ccc(CC(=O)O)nn1. The average molecular weight is 168 g/mol. The Hall–Kier alpha value is -1.69. The number of hydrazine groups is 1. The predicted octanol–water partition coefficient (Wildman–Crippen LogP) is -0.611. The maximum Gasteiger partial charge on any atom is 0.309 e. The van der Waals surface area contributed by atoms with Crippen LogP contribution in [-0.2, 0) is 11.2 Å². The molecule has 12 heavy (non-hydrogen) atoms. The second-order valence-corrected chi connectivity index (χ2v) is 2.12. The van der Waals surface area contributed by atoms with Crippen molar-refractivity contribution in [1.82, 2.24) is 10.2 Å². The highest BCUT2D eigenvalue weighted by Gasteiger charge is 2.01. The van der Waals surface area contributed by atoms with E-state index in [9.17, 15) is 4.79 Å². The van der Waals surface area contributed by atoms with Crippen LogP contribution in [0.25, 0.3) is 0 Å². The van der Waals surface area contributed by atoms with Crippen LogP contribution in [0.2, 0.25) is 0 Å². The van der Waals surface area contributed by atoms with Gasteiger partial charge in [0.1, 0.15) is 0 Å². The third kappa shape index (κ3) is 2.17. The number of nitrogen functional groups attached to an aromatic ring is 1. The topological polar surface area (TPSA) is 101 Å². The Morgan fingerprint density at radius 2 is 2.33 bits per heavy atom. The number of carboxylic acid groups (broad SMARTS) is 1. The zero-order valence-electron chi connectivity index (χ0n) is 6.19. The molecule has 1 heterocycles. The number of anilines is 1. The van der Waals surface area contributed by atoms with Crippen LogP contribution < -0.4 is 11.3 Å². The fourth-order valence-electron chi connectivity index (χ4n) is 0.686. The molecule has 1 aromatic heterocycles. The summed E-state index contributed by atoms with van der Waals surface area (Å²) in [6, 6.07) is 3.11. The van der Waals surface area contributed by atoms with E-state index < -0.39 is 5.97 Å². The first kappa shape index (κ1) is 8.41. The standard InChI is InChI=1S/C6H8N4O2/c7-8-5-2-1-4(9-10-5)3-6(11)12/h1-2H,3,7H2,(H,8,10)(H,11,12). The van der Waals surface area contributed by atoms with E-state index >= 15 is 0 Å². The van der Waals surface area contributed by atoms with Crippen molar-refractivity contribution in [1.29, 1.82) is 0 Å². The molecule has 0 atom stereocenters. The van der Waals surface area contributed by atoms with E-state index in [1.807, 2.05) is 0 Å². The van der Waals surface area contributed by atoms with Crippen molar-refractivity contribution in [3.63, 3.8) is 0 Å². The highest BCUT2D eigenvalue weighted by atomic mass is 16.4. The van der Waals surface area contributed by atoms with E-state index in [-0.39, 0.29) is 6.42 Å². The maximum atomic E-state index is 10.2. The second-order valence-electron chi connectivity index (χ2n) is 2.12. The van der Waals surface area contributed by atoms with Gasteiger partial charge in [-0.1, -0.05) is 0 Å². The molecule has 0 radical (unpaired) electrons. The van der Waals surface area contributed by atoms with Gasteiger partial charge < -0.3 is 10.5 Å². The first-order valence-corrected chi connectivity index (χ1v) is 3.23. The molecule has 0 unspecified atom stereocenters. The van der Waals surface area contributed by atoms with Gasteiger partial charge in [0.2, 0.25) is 0 Å². The largest absolute Gasteiger partial charge is 0.481 e. The van der Waals surface area contributed by atoms with Gasteiger partial charge in [0.05, 0.1) is 12.1 Å². The van der Waals surface area contributed by atoms with Gasteiger partial charge in [-0.3, -0.25) is 4.79 Å². The van der Waals surface area contributed by atoms with E-state index in [0.717, 1.165) is 0 Å². The molecule has 6 heteroatoms. The number of carbonyl (C=O) groups is 1. The number of hydrogen-bond acceptors (Lipinski definition) is 5. The van der Waals surface area contributed by atoms with Crippen LogP contribution in [0, 0.1) is 0 Å².